The maximum Gasteiger partial charge on any atom is 0.336 e. The standard InChI is InChI=1S/C21H26N2O6/c1-5-6-7-11-29-21(25)18-14(3)22-13(2)17(20(24)28-4)19(18)15-9-8-10-16(12-15)23(26)27/h8-10,12,17,19H,5-7,11H2,1-4H3. The van der Waals surface area contributed by atoms with Crippen LogP contribution in [0, 0.1) is 16.0 Å². The molecule has 1 heterocycles. The molecule has 0 aliphatic carbocycles. The summed E-state index contributed by atoms with van der Waals surface area (Å²) in [5.41, 5.74) is 1.47. The summed E-state index contributed by atoms with van der Waals surface area (Å²) in [6, 6.07) is 5.92. The largest absolute Gasteiger partial charge is 0.468 e. The first-order chi connectivity index (χ1) is 13.8. The van der Waals surface area contributed by atoms with Crippen molar-refractivity contribution >= 4 is 23.3 Å². The predicted octanol–water partition coefficient (Wildman–Crippen LogP) is 3.95. The van der Waals surface area contributed by atoms with Crippen LogP contribution < -0.4 is 0 Å². The topological polar surface area (TPSA) is 108 Å². The van der Waals surface area contributed by atoms with Gasteiger partial charge in [-0.2, -0.15) is 0 Å². The molecule has 8 nitrogen and oxygen atoms in total. The highest BCUT2D eigenvalue weighted by molar-refractivity contribution is 6.07. The Hall–Kier alpha value is -3.03. The molecule has 2 atom stereocenters. The fourth-order valence-corrected chi connectivity index (χ4v) is 3.52. The van der Waals surface area contributed by atoms with Crippen molar-refractivity contribution in [3.63, 3.8) is 0 Å². The van der Waals surface area contributed by atoms with Crippen LogP contribution in [0.15, 0.2) is 40.5 Å². The molecule has 1 aromatic rings. The number of unbranched alkanes of at least 4 members (excludes halogenated alkanes) is 2. The highest BCUT2D eigenvalue weighted by Crippen LogP contribution is 2.40. The van der Waals surface area contributed by atoms with E-state index in [1.165, 1.54) is 25.3 Å². The fourth-order valence-electron chi connectivity index (χ4n) is 3.52. The smallest absolute Gasteiger partial charge is 0.336 e. The van der Waals surface area contributed by atoms with E-state index in [2.05, 4.69) is 4.99 Å². The number of hydrogen-bond acceptors (Lipinski definition) is 7. The molecule has 0 fully saturated rings. The van der Waals surface area contributed by atoms with Gasteiger partial charge in [0, 0.05) is 29.5 Å². The molecule has 0 saturated carbocycles. The molecule has 29 heavy (non-hydrogen) atoms. The van der Waals surface area contributed by atoms with E-state index in [9.17, 15) is 19.7 Å². The van der Waals surface area contributed by atoms with Gasteiger partial charge in [0.25, 0.3) is 5.69 Å². The third-order valence-corrected chi connectivity index (χ3v) is 4.92. The van der Waals surface area contributed by atoms with Gasteiger partial charge in [-0.3, -0.25) is 19.9 Å². The van der Waals surface area contributed by atoms with Crippen molar-refractivity contribution in [3.05, 3.63) is 51.2 Å². The van der Waals surface area contributed by atoms with Gasteiger partial charge in [0.15, 0.2) is 0 Å². The van der Waals surface area contributed by atoms with Gasteiger partial charge in [-0.25, -0.2) is 4.79 Å². The van der Waals surface area contributed by atoms with E-state index in [1.54, 1.807) is 19.9 Å². The Morgan fingerprint density at radius 1 is 1.24 bits per heavy atom. The quantitative estimate of drug-likeness (QED) is 0.282. The summed E-state index contributed by atoms with van der Waals surface area (Å²) in [4.78, 5) is 40.5. The lowest BCUT2D eigenvalue weighted by Gasteiger charge is -2.31. The SMILES string of the molecule is CCCCCOC(=O)C1=C(C)N=C(C)C(C(=O)OC)C1c1cccc([N+](=O)[O-])c1. The first-order valence-electron chi connectivity index (χ1n) is 9.57. The number of carbonyl (C=O) groups excluding carboxylic acids is 2. The van der Waals surface area contributed by atoms with Crippen LogP contribution in [0.3, 0.4) is 0 Å². The lowest BCUT2D eigenvalue weighted by molar-refractivity contribution is -0.384. The number of allylic oxidation sites excluding steroid dienone is 1. The summed E-state index contributed by atoms with van der Waals surface area (Å²) >= 11 is 0. The number of esters is 2. The molecule has 0 saturated heterocycles. The summed E-state index contributed by atoms with van der Waals surface area (Å²) in [5.74, 6) is -2.78. The molecule has 0 amide bonds. The zero-order chi connectivity index (χ0) is 21.6. The second kappa shape index (κ2) is 9.95. The van der Waals surface area contributed by atoms with E-state index in [0.29, 0.717) is 17.0 Å². The predicted molar refractivity (Wildman–Crippen MR) is 108 cm³/mol. The van der Waals surface area contributed by atoms with Crippen LogP contribution in [0.5, 0.6) is 0 Å². The van der Waals surface area contributed by atoms with Crippen LogP contribution in [0.25, 0.3) is 0 Å². The van der Waals surface area contributed by atoms with Crippen LogP contribution in [-0.2, 0) is 19.1 Å². The zero-order valence-electron chi connectivity index (χ0n) is 17.1. The summed E-state index contributed by atoms with van der Waals surface area (Å²) < 4.78 is 10.4. The van der Waals surface area contributed by atoms with Gasteiger partial charge < -0.3 is 9.47 Å². The highest BCUT2D eigenvalue weighted by Gasteiger charge is 2.42. The molecule has 0 bridgehead atoms. The molecule has 2 rings (SSSR count). The molecule has 1 aliphatic heterocycles. The van der Waals surface area contributed by atoms with Gasteiger partial charge in [0.1, 0.15) is 5.92 Å². The Morgan fingerprint density at radius 2 is 1.97 bits per heavy atom. The number of carbonyl (C=O) groups is 2. The Morgan fingerprint density at radius 3 is 2.59 bits per heavy atom. The third-order valence-electron chi connectivity index (χ3n) is 4.92. The van der Waals surface area contributed by atoms with Crippen LogP contribution in [-0.4, -0.2) is 36.3 Å². The third kappa shape index (κ3) is 5.07. The molecule has 156 valence electrons. The molecule has 0 N–H and O–H groups in total. The van der Waals surface area contributed by atoms with Crippen molar-refractivity contribution in [1.82, 2.24) is 0 Å². The van der Waals surface area contributed by atoms with Gasteiger partial charge >= 0.3 is 11.9 Å². The number of non-ortho nitro benzene ring substituents is 1. The van der Waals surface area contributed by atoms with Crippen LogP contribution >= 0.6 is 0 Å². The number of nitrogens with zero attached hydrogens (tertiary/aromatic N) is 2. The molecule has 8 heteroatoms. The minimum Gasteiger partial charge on any atom is -0.468 e. The van der Waals surface area contributed by atoms with Crippen molar-refractivity contribution in [2.24, 2.45) is 10.9 Å². The first kappa shape index (κ1) is 22.3. The van der Waals surface area contributed by atoms with E-state index in [0.717, 1.165) is 19.3 Å². The molecule has 0 radical (unpaired) electrons. The number of hydrogen-bond donors (Lipinski definition) is 0. The second-order valence-corrected chi connectivity index (χ2v) is 6.93. The molecule has 1 aromatic carbocycles. The van der Waals surface area contributed by atoms with Crippen molar-refractivity contribution in [3.8, 4) is 0 Å². The van der Waals surface area contributed by atoms with Crippen LogP contribution in [0.2, 0.25) is 0 Å². The summed E-state index contributed by atoms with van der Waals surface area (Å²) in [5, 5.41) is 11.2. The lowest BCUT2D eigenvalue weighted by atomic mass is 9.75. The Balaban J connectivity index is 2.52. The maximum absolute atomic E-state index is 12.9. The average molecular weight is 402 g/mol. The number of ether oxygens (including phenoxy) is 2. The van der Waals surface area contributed by atoms with Crippen LogP contribution in [0.1, 0.15) is 51.5 Å². The van der Waals surface area contributed by atoms with Gasteiger partial charge in [-0.05, 0) is 25.8 Å². The summed E-state index contributed by atoms with van der Waals surface area (Å²) in [7, 11) is 1.26. The average Bonchev–Trinajstić information content (AvgIpc) is 2.70. The minimum absolute atomic E-state index is 0.125. The van der Waals surface area contributed by atoms with Crippen LogP contribution in [0.4, 0.5) is 5.69 Å². The molecular formula is C21H26N2O6. The summed E-state index contributed by atoms with van der Waals surface area (Å²) in [6.07, 6.45) is 2.66. The van der Waals surface area contributed by atoms with E-state index < -0.39 is 28.7 Å². The summed E-state index contributed by atoms with van der Waals surface area (Å²) in [6.45, 7) is 5.66. The Labute approximate surface area is 169 Å². The monoisotopic (exact) mass is 402 g/mol. The normalized spacial score (nSPS) is 18.8. The fraction of sp³-hybridized carbons (Fsp3) is 0.476. The minimum atomic E-state index is -0.871. The first-order valence-corrected chi connectivity index (χ1v) is 9.57. The van der Waals surface area contributed by atoms with Crippen molar-refractivity contribution in [2.45, 2.75) is 46.0 Å². The van der Waals surface area contributed by atoms with Crippen molar-refractivity contribution < 1.29 is 24.0 Å². The Bertz CT molecular complexity index is 858. The Kier molecular flexibility index (Phi) is 7.64. The number of benzene rings is 1. The highest BCUT2D eigenvalue weighted by atomic mass is 16.6. The molecule has 1 aliphatic rings. The molecule has 0 spiro atoms. The number of nitro benzene ring substituents is 1. The number of rotatable bonds is 8. The van der Waals surface area contributed by atoms with Gasteiger partial charge in [-0.1, -0.05) is 31.9 Å². The number of aliphatic imine (C=N–C) groups is 1. The van der Waals surface area contributed by atoms with Gasteiger partial charge in [0.05, 0.1) is 24.2 Å². The number of nitro groups is 1. The lowest BCUT2D eigenvalue weighted by Crippen LogP contribution is -2.36. The van der Waals surface area contributed by atoms with Crippen molar-refractivity contribution in [2.75, 3.05) is 13.7 Å². The maximum atomic E-state index is 12.9. The van der Waals surface area contributed by atoms with Crippen molar-refractivity contribution in [1.29, 1.82) is 0 Å². The van der Waals surface area contributed by atoms with E-state index in [4.69, 9.17) is 9.47 Å². The van der Waals surface area contributed by atoms with Gasteiger partial charge in [0.2, 0.25) is 0 Å². The molecule has 2 unspecified atom stereocenters. The van der Waals surface area contributed by atoms with E-state index >= 15 is 0 Å². The van der Waals surface area contributed by atoms with E-state index in [1.807, 2.05) is 6.92 Å². The number of methoxy groups -OCH3 is 1. The second-order valence-electron chi connectivity index (χ2n) is 6.93. The van der Waals surface area contributed by atoms with Gasteiger partial charge in [-0.15, -0.1) is 0 Å². The van der Waals surface area contributed by atoms with E-state index in [-0.39, 0.29) is 17.9 Å². The molecular weight excluding hydrogens is 376 g/mol. The zero-order valence-corrected chi connectivity index (χ0v) is 17.1. The molecule has 0 aromatic heterocycles.